The molecule has 4 nitrogen and oxygen atoms in total. The first-order chi connectivity index (χ1) is 6.31. The number of carbonyl (C=O) groups is 1. The van der Waals surface area contributed by atoms with Crippen molar-refractivity contribution in [3.8, 4) is 9.85 Å². The fourth-order valence-corrected chi connectivity index (χ4v) is 0.648. The Kier molecular flexibility index (Phi) is 9.25. The summed E-state index contributed by atoms with van der Waals surface area (Å²) >= 11 is 1.86. The van der Waals surface area contributed by atoms with Crippen molar-refractivity contribution in [2.45, 2.75) is 6.92 Å². The molecule has 0 aliphatic rings. The fourth-order valence-electron chi connectivity index (χ4n) is 0.492. The van der Waals surface area contributed by atoms with Crippen LogP contribution in [0.2, 0.25) is 0 Å². The molecule has 74 valence electrons. The van der Waals surface area contributed by atoms with Crippen molar-refractivity contribution in [3.63, 3.8) is 0 Å². The molecule has 0 saturated carbocycles. The van der Waals surface area contributed by atoms with Crippen LogP contribution in [0.5, 0.6) is 0 Å². The van der Waals surface area contributed by atoms with E-state index in [0.29, 0.717) is 13.2 Å². The molecule has 0 aliphatic heterocycles. The molecular formula is C8H11IO4. The molecule has 0 N–H and O–H groups in total. The van der Waals surface area contributed by atoms with Crippen molar-refractivity contribution in [2.75, 3.05) is 26.4 Å². The summed E-state index contributed by atoms with van der Waals surface area (Å²) in [5.41, 5.74) is 0. The number of halogens is 1. The minimum Gasteiger partial charge on any atom is -0.432 e. The highest BCUT2D eigenvalue weighted by molar-refractivity contribution is 14.1. The van der Waals surface area contributed by atoms with E-state index in [1.807, 2.05) is 29.5 Å². The van der Waals surface area contributed by atoms with E-state index in [2.05, 4.69) is 19.3 Å². The molecule has 0 aliphatic carbocycles. The average molecular weight is 298 g/mol. The van der Waals surface area contributed by atoms with Crippen LogP contribution in [-0.2, 0) is 14.2 Å². The van der Waals surface area contributed by atoms with Crippen LogP contribution in [0.15, 0.2) is 0 Å². The predicted molar refractivity (Wildman–Crippen MR) is 55.6 cm³/mol. The van der Waals surface area contributed by atoms with E-state index in [1.54, 1.807) is 0 Å². The van der Waals surface area contributed by atoms with Crippen LogP contribution >= 0.6 is 22.6 Å². The van der Waals surface area contributed by atoms with Crippen LogP contribution in [0.1, 0.15) is 6.92 Å². The lowest BCUT2D eigenvalue weighted by Crippen LogP contribution is -2.12. The van der Waals surface area contributed by atoms with Crippen LogP contribution in [0.3, 0.4) is 0 Å². The maximum absolute atomic E-state index is 10.7. The summed E-state index contributed by atoms with van der Waals surface area (Å²) in [6.07, 6.45) is -0.709. The topological polar surface area (TPSA) is 44.8 Å². The molecule has 0 spiro atoms. The lowest BCUT2D eigenvalue weighted by Gasteiger charge is -2.03. The Bertz CT molecular complexity index is 194. The van der Waals surface area contributed by atoms with Crippen LogP contribution in [-0.4, -0.2) is 32.6 Å². The lowest BCUT2D eigenvalue weighted by atomic mass is 10.7. The number of carbonyl (C=O) groups excluding carboxylic acids is 1. The minimum absolute atomic E-state index is 0.0659. The van der Waals surface area contributed by atoms with Gasteiger partial charge in [-0.25, -0.2) is 4.79 Å². The van der Waals surface area contributed by atoms with E-state index in [1.165, 1.54) is 0 Å². The molecule has 0 bridgehead atoms. The Morgan fingerprint density at radius 2 is 2.15 bits per heavy atom. The molecule has 0 aromatic carbocycles. The molecule has 13 heavy (non-hydrogen) atoms. The van der Waals surface area contributed by atoms with Crippen molar-refractivity contribution in [1.29, 1.82) is 0 Å². The minimum atomic E-state index is -0.709. The SMILES string of the molecule is CCOCCOC(=O)OCC#CI. The predicted octanol–water partition coefficient (Wildman–Crippen LogP) is 1.57. The third-order valence-corrected chi connectivity index (χ3v) is 1.36. The lowest BCUT2D eigenvalue weighted by molar-refractivity contribution is 0.0354. The second-order valence-corrected chi connectivity index (χ2v) is 2.39. The first-order valence-corrected chi connectivity index (χ1v) is 4.85. The summed E-state index contributed by atoms with van der Waals surface area (Å²) in [5.74, 6) is 2.56. The van der Waals surface area contributed by atoms with Gasteiger partial charge in [0, 0.05) is 29.2 Å². The quantitative estimate of drug-likeness (QED) is 0.334. The highest BCUT2D eigenvalue weighted by atomic mass is 127. The third kappa shape index (κ3) is 9.43. The standard InChI is InChI=1S/C8H11IO4/c1-2-11-6-7-13-8(10)12-5-3-4-9/h2,5-7H2,1H3. The molecule has 0 fully saturated rings. The molecule has 0 aromatic rings. The van der Waals surface area contributed by atoms with Crippen molar-refractivity contribution in [3.05, 3.63) is 0 Å². The van der Waals surface area contributed by atoms with Gasteiger partial charge in [0.1, 0.15) is 6.61 Å². The second kappa shape index (κ2) is 9.61. The summed E-state index contributed by atoms with van der Waals surface area (Å²) in [7, 11) is 0. The van der Waals surface area contributed by atoms with Crippen LogP contribution in [0, 0.1) is 9.85 Å². The molecule has 0 aromatic heterocycles. The van der Waals surface area contributed by atoms with Gasteiger partial charge in [-0.2, -0.15) is 0 Å². The number of hydrogen-bond donors (Lipinski definition) is 0. The summed E-state index contributed by atoms with van der Waals surface area (Å²) in [4.78, 5) is 10.7. The summed E-state index contributed by atoms with van der Waals surface area (Å²) < 4.78 is 16.7. The van der Waals surface area contributed by atoms with Gasteiger partial charge in [0.05, 0.1) is 6.61 Å². The first kappa shape index (κ1) is 12.5. The highest BCUT2D eigenvalue weighted by Gasteiger charge is 2.00. The number of hydrogen-bond acceptors (Lipinski definition) is 4. The first-order valence-electron chi connectivity index (χ1n) is 3.77. The van der Waals surface area contributed by atoms with E-state index in [0.717, 1.165) is 0 Å². The highest BCUT2D eigenvalue weighted by Crippen LogP contribution is 1.85. The van der Waals surface area contributed by atoms with Gasteiger partial charge in [-0.05, 0) is 10.9 Å². The molecule has 0 radical (unpaired) electrons. The Hall–Kier alpha value is -0.480. The average Bonchev–Trinajstić information content (AvgIpc) is 2.13. The van der Waals surface area contributed by atoms with Crippen molar-refractivity contribution in [2.24, 2.45) is 0 Å². The van der Waals surface area contributed by atoms with Crippen LogP contribution in [0.4, 0.5) is 4.79 Å². The van der Waals surface area contributed by atoms with Crippen LogP contribution < -0.4 is 0 Å². The second-order valence-electron chi connectivity index (χ2n) is 1.86. The maximum Gasteiger partial charge on any atom is 0.509 e. The van der Waals surface area contributed by atoms with Gasteiger partial charge >= 0.3 is 6.16 Å². The molecule has 5 heteroatoms. The van der Waals surface area contributed by atoms with Crippen LogP contribution in [0.25, 0.3) is 0 Å². The van der Waals surface area contributed by atoms with Crippen molar-refractivity contribution in [1.82, 2.24) is 0 Å². The monoisotopic (exact) mass is 298 g/mol. The number of ether oxygens (including phenoxy) is 3. The van der Waals surface area contributed by atoms with Crippen molar-refractivity contribution >= 4 is 28.7 Å². The molecule has 0 unspecified atom stereocenters. The van der Waals surface area contributed by atoms with E-state index in [4.69, 9.17) is 4.74 Å². The summed E-state index contributed by atoms with van der Waals surface area (Å²) in [6, 6.07) is 0. The zero-order valence-corrected chi connectivity index (χ0v) is 9.50. The van der Waals surface area contributed by atoms with Gasteiger partial charge in [-0.3, -0.25) is 0 Å². The van der Waals surface area contributed by atoms with Gasteiger partial charge in [-0.1, -0.05) is 5.92 Å². The van der Waals surface area contributed by atoms with Crippen molar-refractivity contribution < 1.29 is 19.0 Å². The van der Waals surface area contributed by atoms with Gasteiger partial charge in [-0.15, -0.1) is 0 Å². The Morgan fingerprint density at radius 1 is 1.38 bits per heavy atom. The van der Waals surface area contributed by atoms with E-state index < -0.39 is 6.16 Å². The molecular weight excluding hydrogens is 287 g/mol. The largest absolute Gasteiger partial charge is 0.509 e. The molecule has 0 atom stereocenters. The Morgan fingerprint density at radius 3 is 2.77 bits per heavy atom. The van der Waals surface area contributed by atoms with Gasteiger partial charge in [0.2, 0.25) is 0 Å². The maximum atomic E-state index is 10.7. The molecule has 0 saturated heterocycles. The van der Waals surface area contributed by atoms with Gasteiger partial charge in [0.25, 0.3) is 0 Å². The zero-order chi connectivity index (χ0) is 9.94. The van der Waals surface area contributed by atoms with Gasteiger partial charge in [0.15, 0.2) is 6.61 Å². The summed E-state index contributed by atoms with van der Waals surface area (Å²) in [6.45, 7) is 3.15. The van der Waals surface area contributed by atoms with Gasteiger partial charge < -0.3 is 14.2 Å². The fraction of sp³-hybridized carbons (Fsp3) is 0.625. The molecule has 0 rings (SSSR count). The third-order valence-electron chi connectivity index (χ3n) is 0.981. The Balaban J connectivity index is 3.23. The normalized spacial score (nSPS) is 8.46. The molecule has 0 amide bonds. The Labute approximate surface area is 91.1 Å². The molecule has 0 heterocycles. The number of rotatable bonds is 5. The van der Waals surface area contributed by atoms with E-state index >= 15 is 0 Å². The van der Waals surface area contributed by atoms with E-state index in [-0.39, 0.29) is 13.2 Å². The summed E-state index contributed by atoms with van der Waals surface area (Å²) in [5, 5.41) is 0. The van der Waals surface area contributed by atoms with E-state index in [9.17, 15) is 4.79 Å². The smallest absolute Gasteiger partial charge is 0.432 e. The zero-order valence-electron chi connectivity index (χ0n) is 7.34.